The summed E-state index contributed by atoms with van der Waals surface area (Å²) < 4.78 is 0. The molecule has 0 bridgehead atoms. The number of nitrogens with zero attached hydrogens (tertiary/aromatic N) is 1. The van der Waals surface area contributed by atoms with Gasteiger partial charge in [-0.25, -0.2) is 4.79 Å². The maximum Gasteiger partial charge on any atom is 0.337 e. The highest BCUT2D eigenvalue weighted by Crippen LogP contribution is 2.25. The van der Waals surface area contributed by atoms with Crippen molar-refractivity contribution in [2.75, 3.05) is 45.2 Å². The summed E-state index contributed by atoms with van der Waals surface area (Å²) in [4.78, 5) is 13.4. The molecular formula is C17H32N4O2. The summed E-state index contributed by atoms with van der Waals surface area (Å²) in [6.45, 7) is 7.37. The van der Waals surface area contributed by atoms with Crippen LogP contribution in [-0.2, 0) is 6.42 Å². The lowest BCUT2D eigenvalue weighted by Gasteiger charge is -2.21. The number of anilines is 2. The number of hydrogen-bond donors (Lipinski definition) is 4. The average Bonchev–Trinajstić information content (AvgIpc) is 2.49. The standard InChI is InChI=1S/C15H25N3O2.C2H7N/c1-3-8-18(9-4-2)10-7-11-5-6-12(15(19)20)14(17)13(11)16;1-3-2/h5-6H,3-4,7-10,16-17H2,1-2H3,(H,19,20);3H,1-2H3. The van der Waals surface area contributed by atoms with Crippen LogP contribution in [0.4, 0.5) is 11.4 Å². The maximum atomic E-state index is 11.0. The Balaban J connectivity index is 0.00000149. The van der Waals surface area contributed by atoms with Crippen LogP contribution in [0, 0.1) is 0 Å². The highest BCUT2D eigenvalue weighted by Gasteiger charge is 2.13. The molecule has 0 aliphatic rings. The molecule has 0 heterocycles. The van der Waals surface area contributed by atoms with E-state index in [2.05, 4.69) is 24.1 Å². The minimum atomic E-state index is -1.04. The Morgan fingerprint density at radius 2 is 1.61 bits per heavy atom. The molecule has 6 N–H and O–H groups in total. The molecule has 0 aromatic heterocycles. The first-order valence-electron chi connectivity index (χ1n) is 8.13. The van der Waals surface area contributed by atoms with Crippen LogP contribution in [0.3, 0.4) is 0 Å². The van der Waals surface area contributed by atoms with Crippen LogP contribution in [-0.4, -0.2) is 49.7 Å². The molecule has 0 spiro atoms. The van der Waals surface area contributed by atoms with Crippen molar-refractivity contribution in [1.29, 1.82) is 0 Å². The number of carboxylic acid groups (broad SMARTS) is 1. The van der Waals surface area contributed by atoms with Crippen molar-refractivity contribution in [2.45, 2.75) is 33.1 Å². The van der Waals surface area contributed by atoms with Gasteiger partial charge in [-0.1, -0.05) is 19.9 Å². The molecule has 0 saturated carbocycles. The molecular weight excluding hydrogens is 292 g/mol. The lowest BCUT2D eigenvalue weighted by molar-refractivity contribution is 0.0698. The molecule has 0 fully saturated rings. The number of nitrogens with one attached hydrogen (secondary N) is 1. The van der Waals surface area contributed by atoms with Crippen molar-refractivity contribution >= 4 is 17.3 Å². The second kappa shape index (κ2) is 11.7. The van der Waals surface area contributed by atoms with Crippen LogP contribution in [0.25, 0.3) is 0 Å². The first kappa shape index (κ1) is 21.2. The van der Waals surface area contributed by atoms with Gasteiger partial charge in [-0.2, -0.15) is 0 Å². The van der Waals surface area contributed by atoms with Gasteiger partial charge in [0.1, 0.15) is 0 Å². The van der Waals surface area contributed by atoms with Gasteiger partial charge in [-0.15, -0.1) is 0 Å². The van der Waals surface area contributed by atoms with Crippen LogP contribution >= 0.6 is 0 Å². The molecule has 0 aliphatic heterocycles. The number of carboxylic acids is 1. The van der Waals surface area contributed by atoms with E-state index in [9.17, 15) is 4.79 Å². The molecule has 23 heavy (non-hydrogen) atoms. The van der Waals surface area contributed by atoms with E-state index in [1.165, 1.54) is 6.07 Å². The first-order valence-corrected chi connectivity index (χ1v) is 8.13. The predicted molar refractivity (Wildman–Crippen MR) is 97.9 cm³/mol. The Morgan fingerprint density at radius 1 is 1.09 bits per heavy atom. The van der Waals surface area contributed by atoms with Gasteiger partial charge in [0.2, 0.25) is 0 Å². The Kier molecular flexibility index (Phi) is 10.8. The Labute approximate surface area is 139 Å². The molecule has 0 aliphatic carbocycles. The van der Waals surface area contributed by atoms with Gasteiger partial charge in [0.05, 0.1) is 16.9 Å². The summed E-state index contributed by atoms with van der Waals surface area (Å²) in [6, 6.07) is 3.30. The molecule has 1 aromatic rings. The molecule has 0 amide bonds. The molecule has 0 saturated heterocycles. The van der Waals surface area contributed by atoms with E-state index in [1.807, 2.05) is 14.1 Å². The van der Waals surface area contributed by atoms with E-state index in [-0.39, 0.29) is 11.3 Å². The minimum absolute atomic E-state index is 0.0743. The molecule has 1 rings (SSSR count). The highest BCUT2D eigenvalue weighted by molar-refractivity contribution is 5.97. The number of aromatic carboxylic acids is 1. The topological polar surface area (TPSA) is 105 Å². The SMILES string of the molecule is CCCN(CCC)CCc1ccc(C(=O)O)c(N)c1N.CNC. The molecule has 0 radical (unpaired) electrons. The maximum absolute atomic E-state index is 11.0. The lowest BCUT2D eigenvalue weighted by Crippen LogP contribution is -2.28. The van der Waals surface area contributed by atoms with Gasteiger partial charge in [0.15, 0.2) is 0 Å². The normalized spacial score (nSPS) is 10.3. The minimum Gasteiger partial charge on any atom is -0.478 e. The lowest BCUT2D eigenvalue weighted by atomic mass is 10.0. The largest absolute Gasteiger partial charge is 0.478 e. The summed E-state index contributed by atoms with van der Waals surface area (Å²) in [5, 5.41) is 11.7. The number of nitrogens with two attached hydrogens (primary N) is 2. The Morgan fingerprint density at radius 3 is 2.04 bits per heavy atom. The number of hydrogen-bond acceptors (Lipinski definition) is 5. The van der Waals surface area contributed by atoms with Gasteiger partial charge in [-0.3, -0.25) is 0 Å². The van der Waals surface area contributed by atoms with Crippen molar-refractivity contribution in [3.63, 3.8) is 0 Å². The summed E-state index contributed by atoms with van der Waals surface area (Å²) in [7, 11) is 3.75. The third-order valence-corrected chi connectivity index (χ3v) is 3.38. The fourth-order valence-electron chi connectivity index (χ4n) is 2.33. The third-order valence-electron chi connectivity index (χ3n) is 3.38. The van der Waals surface area contributed by atoms with Gasteiger partial charge in [0.25, 0.3) is 0 Å². The van der Waals surface area contributed by atoms with E-state index < -0.39 is 5.97 Å². The van der Waals surface area contributed by atoms with Gasteiger partial charge in [-0.05, 0) is 58.1 Å². The zero-order valence-corrected chi connectivity index (χ0v) is 14.9. The number of rotatable bonds is 8. The van der Waals surface area contributed by atoms with E-state index >= 15 is 0 Å². The van der Waals surface area contributed by atoms with E-state index in [0.29, 0.717) is 5.69 Å². The number of carbonyl (C=O) groups is 1. The van der Waals surface area contributed by atoms with Gasteiger partial charge >= 0.3 is 5.97 Å². The van der Waals surface area contributed by atoms with Crippen molar-refractivity contribution in [3.05, 3.63) is 23.3 Å². The van der Waals surface area contributed by atoms with Crippen molar-refractivity contribution in [2.24, 2.45) is 0 Å². The van der Waals surface area contributed by atoms with E-state index in [4.69, 9.17) is 16.6 Å². The molecule has 1 aromatic carbocycles. The summed E-state index contributed by atoms with van der Waals surface area (Å²) in [5.41, 5.74) is 13.3. The van der Waals surface area contributed by atoms with Crippen LogP contribution in [0.1, 0.15) is 42.6 Å². The summed E-state index contributed by atoms with van der Waals surface area (Å²) in [6.07, 6.45) is 3.03. The van der Waals surface area contributed by atoms with Crippen LogP contribution in [0.2, 0.25) is 0 Å². The highest BCUT2D eigenvalue weighted by atomic mass is 16.4. The third kappa shape index (κ3) is 7.34. The average molecular weight is 324 g/mol. The van der Waals surface area contributed by atoms with E-state index in [1.54, 1.807) is 6.07 Å². The first-order chi connectivity index (χ1) is 10.9. The summed E-state index contributed by atoms with van der Waals surface area (Å²) in [5.74, 6) is -1.04. The quantitative estimate of drug-likeness (QED) is 0.546. The van der Waals surface area contributed by atoms with Crippen LogP contribution < -0.4 is 16.8 Å². The fraction of sp³-hybridized carbons (Fsp3) is 0.588. The fourth-order valence-corrected chi connectivity index (χ4v) is 2.33. The number of nitrogen functional groups attached to an aromatic ring is 2. The molecule has 132 valence electrons. The Hall–Kier alpha value is -1.79. The summed E-state index contributed by atoms with van der Waals surface area (Å²) >= 11 is 0. The molecule has 0 atom stereocenters. The van der Waals surface area contributed by atoms with Crippen LogP contribution in [0.5, 0.6) is 0 Å². The van der Waals surface area contributed by atoms with Crippen molar-refractivity contribution in [3.8, 4) is 0 Å². The second-order valence-corrected chi connectivity index (χ2v) is 5.50. The number of benzene rings is 1. The van der Waals surface area contributed by atoms with Gasteiger partial charge < -0.3 is 26.8 Å². The van der Waals surface area contributed by atoms with Crippen molar-refractivity contribution < 1.29 is 9.90 Å². The van der Waals surface area contributed by atoms with Gasteiger partial charge in [0, 0.05) is 6.54 Å². The molecule has 6 heteroatoms. The molecule has 6 nitrogen and oxygen atoms in total. The smallest absolute Gasteiger partial charge is 0.337 e. The monoisotopic (exact) mass is 324 g/mol. The van der Waals surface area contributed by atoms with E-state index in [0.717, 1.165) is 44.5 Å². The second-order valence-electron chi connectivity index (χ2n) is 5.50. The zero-order valence-electron chi connectivity index (χ0n) is 14.9. The predicted octanol–water partition coefficient (Wildman–Crippen LogP) is 2.05. The molecule has 0 unspecified atom stereocenters. The Bertz CT molecular complexity index is 472. The van der Waals surface area contributed by atoms with Crippen LogP contribution in [0.15, 0.2) is 12.1 Å². The zero-order chi connectivity index (χ0) is 17.8. The van der Waals surface area contributed by atoms with Crippen molar-refractivity contribution in [1.82, 2.24) is 10.2 Å².